The Morgan fingerprint density at radius 2 is 2.26 bits per heavy atom. The number of nitrogens with zero attached hydrogens (tertiary/aromatic N) is 2. The number of benzene rings is 1. The van der Waals surface area contributed by atoms with Crippen LogP contribution in [0.25, 0.3) is 0 Å². The lowest BCUT2D eigenvalue weighted by atomic mass is 10.3. The molecule has 1 heterocycles. The highest BCUT2D eigenvalue weighted by Gasteiger charge is 2.32. The van der Waals surface area contributed by atoms with Gasteiger partial charge < -0.3 is 10.5 Å². The van der Waals surface area contributed by atoms with E-state index in [0.717, 1.165) is 0 Å². The molecular weight excluding hydrogens is 334 g/mol. The Balaban J connectivity index is 2.37. The summed E-state index contributed by atoms with van der Waals surface area (Å²) in [5.41, 5.74) is 5.99. The zero-order valence-electron chi connectivity index (χ0n) is 9.91. The zero-order valence-corrected chi connectivity index (χ0v) is 12.3. The minimum Gasteiger partial charge on any atom is -0.399 e. The second-order valence-corrected chi connectivity index (χ2v) is 6.80. The number of sulfonamides is 1. The molecule has 0 aromatic heterocycles. The molecular formula is C11H12BrN3O3S. The quantitative estimate of drug-likeness (QED) is 0.804. The van der Waals surface area contributed by atoms with Gasteiger partial charge in [0, 0.05) is 16.7 Å². The fourth-order valence-electron chi connectivity index (χ4n) is 1.78. The van der Waals surface area contributed by atoms with Gasteiger partial charge in [-0.05, 0) is 34.1 Å². The summed E-state index contributed by atoms with van der Waals surface area (Å²) in [6.07, 6.45) is -0.733. The average molecular weight is 346 g/mol. The van der Waals surface area contributed by atoms with Crippen molar-refractivity contribution >= 4 is 31.6 Å². The van der Waals surface area contributed by atoms with Crippen molar-refractivity contribution in [1.82, 2.24) is 4.31 Å². The van der Waals surface area contributed by atoms with Gasteiger partial charge in [0.25, 0.3) is 0 Å². The van der Waals surface area contributed by atoms with Crippen LogP contribution >= 0.6 is 15.9 Å². The zero-order chi connectivity index (χ0) is 14.0. The Kier molecular flexibility index (Phi) is 4.10. The number of rotatable bonds is 2. The molecule has 1 aliphatic heterocycles. The minimum absolute atomic E-state index is 0.0278. The molecule has 1 unspecified atom stereocenters. The monoisotopic (exact) mass is 345 g/mol. The molecule has 1 aromatic carbocycles. The van der Waals surface area contributed by atoms with Gasteiger partial charge in [-0.3, -0.25) is 0 Å². The van der Waals surface area contributed by atoms with Gasteiger partial charge in [0.15, 0.2) is 6.10 Å². The largest absolute Gasteiger partial charge is 0.399 e. The molecule has 2 rings (SSSR count). The molecule has 0 bridgehead atoms. The number of nitriles is 1. The highest BCUT2D eigenvalue weighted by molar-refractivity contribution is 9.10. The molecule has 0 amide bonds. The van der Waals surface area contributed by atoms with E-state index in [-0.39, 0.29) is 24.6 Å². The molecule has 1 aromatic rings. The molecule has 19 heavy (non-hydrogen) atoms. The number of halogens is 1. The van der Waals surface area contributed by atoms with Crippen LogP contribution in [-0.4, -0.2) is 38.5 Å². The van der Waals surface area contributed by atoms with Gasteiger partial charge >= 0.3 is 0 Å². The molecule has 1 aliphatic rings. The maximum atomic E-state index is 12.5. The Bertz CT molecular complexity index is 627. The van der Waals surface area contributed by atoms with Crippen molar-refractivity contribution < 1.29 is 13.2 Å². The van der Waals surface area contributed by atoms with E-state index in [1.807, 2.05) is 6.07 Å². The number of ether oxygens (including phenoxy) is 1. The van der Waals surface area contributed by atoms with E-state index < -0.39 is 16.1 Å². The van der Waals surface area contributed by atoms with Crippen LogP contribution in [0.1, 0.15) is 0 Å². The first-order chi connectivity index (χ1) is 8.95. The van der Waals surface area contributed by atoms with Crippen molar-refractivity contribution in [3.8, 4) is 6.07 Å². The van der Waals surface area contributed by atoms with Crippen molar-refractivity contribution in [1.29, 1.82) is 5.26 Å². The standard InChI is InChI=1S/C11H12BrN3O3S/c12-10-2-1-8(14)5-11(10)19(16,17)15-3-4-18-9(6-13)7-15/h1-2,5,9H,3-4,7,14H2. The average Bonchev–Trinajstić information content (AvgIpc) is 2.41. The fourth-order valence-corrected chi connectivity index (χ4v) is 4.16. The smallest absolute Gasteiger partial charge is 0.244 e. The second kappa shape index (κ2) is 5.46. The van der Waals surface area contributed by atoms with Gasteiger partial charge in [-0.15, -0.1) is 0 Å². The maximum absolute atomic E-state index is 12.5. The third-order valence-electron chi connectivity index (χ3n) is 2.75. The topological polar surface area (TPSA) is 96.4 Å². The van der Waals surface area contributed by atoms with Crippen molar-refractivity contribution in [3.05, 3.63) is 22.7 Å². The third-order valence-corrected chi connectivity index (χ3v) is 5.61. The van der Waals surface area contributed by atoms with Gasteiger partial charge in [0.05, 0.1) is 24.1 Å². The van der Waals surface area contributed by atoms with E-state index in [1.165, 1.54) is 10.4 Å². The fraction of sp³-hybridized carbons (Fsp3) is 0.364. The van der Waals surface area contributed by atoms with Crippen molar-refractivity contribution in [2.45, 2.75) is 11.0 Å². The van der Waals surface area contributed by atoms with E-state index in [4.69, 9.17) is 15.7 Å². The summed E-state index contributed by atoms with van der Waals surface area (Å²) in [5.74, 6) is 0. The minimum atomic E-state index is -3.68. The lowest BCUT2D eigenvalue weighted by Gasteiger charge is -2.29. The van der Waals surface area contributed by atoms with Crippen molar-refractivity contribution in [2.75, 3.05) is 25.4 Å². The Morgan fingerprint density at radius 1 is 1.53 bits per heavy atom. The summed E-state index contributed by atoms with van der Waals surface area (Å²) in [6.45, 7) is 0.458. The molecule has 8 heteroatoms. The van der Waals surface area contributed by atoms with Crippen LogP contribution in [0.4, 0.5) is 5.69 Å². The molecule has 1 atom stereocenters. The molecule has 102 valence electrons. The van der Waals surface area contributed by atoms with Gasteiger partial charge in [-0.2, -0.15) is 9.57 Å². The molecule has 2 N–H and O–H groups in total. The van der Waals surface area contributed by atoms with E-state index >= 15 is 0 Å². The lowest BCUT2D eigenvalue weighted by molar-refractivity contribution is 0.0311. The normalized spacial score (nSPS) is 20.9. The number of hydrogen-bond acceptors (Lipinski definition) is 5. The SMILES string of the molecule is N#CC1CN(S(=O)(=O)c2cc(N)ccc2Br)CCO1. The summed E-state index contributed by atoms with van der Waals surface area (Å²) in [5, 5.41) is 8.82. The van der Waals surface area contributed by atoms with E-state index in [2.05, 4.69) is 15.9 Å². The summed E-state index contributed by atoms with van der Waals surface area (Å²) >= 11 is 3.21. The van der Waals surface area contributed by atoms with Gasteiger partial charge in [0.1, 0.15) is 0 Å². The summed E-state index contributed by atoms with van der Waals surface area (Å²) in [6, 6.07) is 6.52. The van der Waals surface area contributed by atoms with Gasteiger partial charge in [0.2, 0.25) is 10.0 Å². The van der Waals surface area contributed by atoms with Gasteiger partial charge in [-0.25, -0.2) is 8.42 Å². The van der Waals surface area contributed by atoms with E-state index in [9.17, 15) is 8.42 Å². The first kappa shape index (κ1) is 14.3. The van der Waals surface area contributed by atoms with Crippen molar-refractivity contribution in [3.63, 3.8) is 0 Å². The van der Waals surface area contributed by atoms with Gasteiger partial charge in [-0.1, -0.05) is 0 Å². The molecule has 0 saturated carbocycles. The molecule has 0 radical (unpaired) electrons. The van der Waals surface area contributed by atoms with Crippen LogP contribution in [0.5, 0.6) is 0 Å². The van der Waals surface area contributed by atoms with Crippen LogP contribution in [0.2, 0.25) is 0 Å². The van der Waals surface area contributed by atoms with Crippen LogP contribution in [0.3, 0.4) is 0 Å². The van der Waals surface area contributed by atoms with Crippen LogP contribution in [-0.2, 0) is 14.8 Å². The number of hydrogen-bond donors (Lipinski definition) is 1. The molecule has 6 nitrogen and oxygen atoms in total. The number of morpholine rings is 1. The lowest BCUT2D eigenvalue weighted by Crippen LogP contribution is -2.45. The third kappa shape index (κ3) is 2.90. The molecule has 0 aliphatic carbocycles. The first-order valence-electron chi connectivity index (χ1n) is 5.51. The summed E-state index contributed by atoms with van der Waals surface area (Å²) in [4.78, 5) is 0.103. The van der Waals surface area contributed by atoms with E-state index in [1.54, 1.807) is 12.1 Å². The number of anilines is 1. The second-order valence-electron chi connectivity index (χ2n) is 4.04. The Hall–Kier alpha value is -1.14. The highest BCUT2D eigenvalue weighted by Crippen LogP contribution is 2.28. The Labute approximate surface area is 119 Å². The maximum Gasteiger partial charge on any atom is 0.244 e. The summed E-state index contributed by atoms with van der Waals surface area (Å²) in [7, 11) is -3.68. The van der Waals surface area contributed by atoms with Crippen LogP contribution in [0, 0.1) is 11.3 Å². The van der Waals surface area contributed by atoms with Crippen molar-refractivity contribution in [2.24, 2.45) is 0 Å². The number of nitrogen functional groups attached to an aromatic ring is 1. The first-order valence-corrected chi connectivity index (χ1v) is 7.75. The molecule has 1 fully saturated rings. The predicted molar refractivity (Wildman–Crippen MR) is 72.7 cm³/mol. The molecule has 1 saturated heterocycles. The Morgan fingerprint density at radius 3 is 2.95 bits per heavy atom. The summed E-state index contributed by atoms with van der Waals surface area (Å²) < 4.78 is 31.8. The van der Waals surface area contributed by atoms with E-state index in [0.29, 0.717) is 10.2 Å². The van der Waals surface area contributed by atoms with Crippen LogP contribution in [0.15, 0.2) is 27.6 Å². The highest BCUT2D eigenvalue weighted by atomic mass is 79.9. The van der Waals surface area contributed by atoms with Crippen LogP contribution < -0.4 is 5.73 Å². The predicted octanol–water partition coefficient (Wildman–Crippen LogP) is 0.944. The number of nitrogens with two attached hydrogens (primary N) is 1. The molecule has 0 spiro atoms.